The Morgan fingerprint density at radius 2 is 2.32 bits per heavy atom. The van der Waals surface area contributed by atoms with Crippen LogP contribution in [0.5, 0.6) is 0 Å². The average Bonchev–Trinajstić information content (AvgIpc) is 2.73. The van der Waals surface area contributed by atoms with E-state index in [0.717, 1.165) is 23.3 Å². The third-order valence-corrected chi connectivity index (χ3v) is 3.16. The molecule has 102 valence electrons. The average molecular weight is 261 g/mol. The number of rotatable bonds is 5. The maximum atomic E-state index is 13.6. The molecule has 1 heterocycles. The number of nitrogens with zero attached hydrogens (tertiary/aromatic N) is 3. The summed E-state index contributed by atoms with van der Waals surface area (Å²) in [6, 6.07) is 4.97. The van der Waals surface area contributed by atoms with Crippen molar-refractivity contribution in [3.63, 3.8) is 0 Å². The van der Waals surface area contributed by atoms with E-state index in [2.05, 4.69) is 10.3 Å². The summed E-state index contributed by atoms with van der Waals surface area (Å²) in [5, 5.41) is 4.41. The van der Waals surface area contributed by atoms with Crippen LogP contribution in [0.3, 0.4) is 0 Å². The molecule has 0 aliphatic carbocycles. The van der Waals surface area contributed by atoms with E-state index in [-0.39, 0.29) is 5.82 Å². The summed E-state index contributed by atoms with van der Waals surface area (Å²) in [4.78, 5) is 4.30. The van der Waals surface area contributed by atoms with E-state index in [1.807, 2.05) is 24.6 Å². The van der Waals surface area contributed by atoms with Crippen molar-refractivity contribution < 1.29 is 4.39 Å². The molecule has 0 saturated heterocycles. The van der Waals surface area contributed by atoms with Gasteiger partial charge in [0.2, 0.25) is 0 Å². The predicted octanol–water partition coefficient (Wildman–Crippen LogP) is 2.84. The number of hydrogen-bond donors (Lipinski definition) is 1. The first kappa shape index (κ1) is 13.5. The fourth-order valence-electron chi connectivity index (χ4n) is 1.89. The Morgan fingerprint density at radius 3 is 3.00 bits per heavy atom. The Morgan fingerprint density at radius 1 is 1.53 bits per heavy atom. The molecular formula is C14H18FN4-. The molecule has 4 nitrogen and oxygen atoms in total. The van der Waals surface area contributed by atoms with Crippen molar-refractivity contribution in [2.45, 2.75) is 19.9 Å². The second-order valence-corrected chi connectivity index (χ2v) is 4.56. The third kappa shape index (κ3) is 2.93. The fraction of sp³-hybridized carbons (Fsp3) is 0.357. The maximum absolute atomic E-state index is 13.6. The molecule has 5 heteroatoms. The van der Waals surface area contributed by atoms with Crippen molar-refractivity contribution in [2.75, 3.05) is 6.54 Å². The summed E-state index contributed by atoms with van der Waals surface area (Å²) in [5.41, 5.74) is 7.71. The lowest BCUT2D eigenvalue weighted by atomic mass is 10.2. The Labute approximate surface area is 112 Å². The highest BCUT2D eigenvalue weighted by Gasteiger charge is 2.08. The molecule has 0 aliphatic rings. The summed E-state index contributed by atoms with van der Waals surface area (Å²) in [6.07, 6.45) is 2.44. The molecule has 0 radical (unpaired) electrons. The van der Waals surface area contributed by atoms with Gasteiger partial charge in [0.15, 0.2) is 5.82 Å². The van der Waals surface area contributed by atoms with Crippen LogP contribution in [-0.4, -0.2) is 16.1 Å². The second kappa shape index (κ2) is 5.84. The Balaban J connectivity index is 2.05. The van der Waals surface area contributed by atoms with Crippen molar-refractivity contribution >= 4 is 11.0 Å². The van der Waals surface area contributed by atoms with Gasteiger partial charge in [0, 0.05) is 7.05 Å². The van der Waals surface area contributed by atoms with Crippen LogP contribution < -0.4 is 5.73 Å². The molecule has 0 fully saturated rings. The van der Waals surface area contributed by atoms with Gasteiger partial charge in [-0.3, -0.25) is 0 Å². The number of hydrogen-bond acceptors (Lipinski definition) is 2. The molecule has 1 aromatic carbocycles. The molecule has 0 bridgehead atoms. The fourth-order valence-corrected chi connectivity index (χ4v) is 1.89. The number of para-hydroxylation sites is 1. The number of aryl methyl sites for hydroxylation is 1. The van der Waals surface area contributed by atoms with E-state index in [9.17, 15) is 4.39 Å². The first-order valence-corrected chi connectivity index (χ1v) is 6.24. The third-order valence-electron chi connectivity index (χ3n) is 3.16. The van der Waals surface area contributed by atoms with Gasteiger partial charge in [0.05, 0.1) is 11.3 Å². The number of halogens is 1. The number of nitrogens with two attached hydrogens (primary N) is 1. The van der Waals surface area contributed by atoms with Crippen LogP contribution in [0.4, 0.5) is 4.39 Å². The van der Waals surface area contributed by atoms with Gasteiger partial charge in [-0.2, -0.15) is 0 Å². The van der Waals surface area contributed by atoms with Gasteiger partial charge in [-0.1, -0.05) is 18.2 Å². The van der Waals surface area contributed by atoms with Gasteiger partial charge in [-0.15, -0.1) is 6.54 Å². The first-order chi connectivity index (χ1) is 9.13. The normalized spacial score (nSPS) is 12.3. The van der Waals surface area contributed by atoms with Crippen molar-refractivity contribution in [3.8, 4) is 0 Å². The summed E-state index contributed by atoms with van der Waals surface area (Å²) in [6.45, 7) is 3.16. The summed E-state index contributed by atoms with van der Waals surface area (Å²) in [5.74, 6) is 0.482. The van der Waals surface area contributed by atoms with Gasteiger partial charge in [-0.25, -0.2) is 9.37 Å². The summed E-state index contributed by atoms with van der Waals surface area (Å²) in [7, 11) is 1.88. The first-order valence-electron chi connectivity index (χ1n) is 6.24. The summed E-state index contributed by atoms with van der Waals surface area (Å²) >= 11 is 0. The zero-order valence-electron chi connectivity index (χ0n) is 11.2. The van der Waals surface area contributed by atoms with Crippen LogP contribution >= 0.6 is 0 Å². The van der Waals surface area contributed by atoms with E-state index in [1.54, 1.807) is 12.3 Å². The maximum Gasteiger partial charge on any atom is 0.151 e. The molecule has 0 aliphatic heterocycles. The number of benzene rings is 1. The van der Waals surface area contributed by atoms with Crippen molar-refractivity contribution in [3.05, 3.63) is 46.9 Å². The number of imidazole rings is 1. The predicted molar refractivity (Wildman–Crippen MR) is 75.2 cm³/mol. The van der Waals surface area contributed by atoms with Crippen LogP contribution in [0.1, 0.15) is 19.2 Å². The number of fused-ring (bicyclic) bond motifs is 1. The van der Waals surface area contributed by atoms with Crippen LogP contribution in [0.25, 0.3) is 16.4 Å². The van der Waals surface area contributed by atoms with Gasteiger partial charge in [-0.05, 0) is 31.7 Å². The molecule has 19 heavy (non-hydrogen) atoms. The van der Waals surface area contributed by atoms with Crippen LogP contribution in [0.2, 0.25) is 0 Å². The molecule has 1 aromatic heterocycles. The van der Waals surface area contributed by atoms with E-state index in [0.29, 0.717) is 18.6 Å². The van der Waals surface area contributed by atoms with E-state index in [4.69, 9.17) is 5.73 Å². The largest absolute Gasteiger partial charge is 0.656 e. The van der Waals surface area contributed by atoms with Crippen LogP contribution in [0, 0.1) is 5.82 Å². The molecule has 2 aromatic rings. The molecule has 0 spiro atoms. The summed E-state index contributed by atoms with van der Waals surface area (Å²) < 4.78 is 15.5. The highest BCUT2D eigenvalue weighted by molar-refractivity contribution is 5.76. The minimum absolute atomic E-state index is 0.291. The lowest BCUT2D eigenvalue weighted by Crippen LogP contribution is -1.99. The van der Waals surface area contributed by atoms with Gasteiger partial charge >= 0.3 is 0 Å². The highest BCUT2D eigenvalue weighted by Crippen LogP contribution is 2.19. The van der Waals surface area contributed by atoms with Crippen LogP contribution in [-0.2, 0) is 13.6 Å². The van der Waals surface area contributed by atoms with Crippen molar-refractivity contribution in [2.24, 2.45) is 12.8 Å². The molecule has 0 atom stereocenters. The zero-order chi connectivity index (χ0) is 13.8. The molecule has 0 amide bonds. The lowest BCUT2D eigenvalue weighted by molar-refractivity contribution is 0.637. The smallest absolute Gasteiger partial charge is 0.151 e. The van der Waals surface area contributed by atoms with Crippen molar-refractivity contribution in [1.82, 2.24) is 9.55 Å². The zero-order valence-corrected chi connectivity index (χ0v) is 11.2. The minimum Gasteiger partial charge on any atom is -0.656 e. The molecule has 2 rings (SSSR count). The minimum atomic E-state index is -0.291. The van der Waals surface area contributed by atoms with E-state index < -0.39 is 0 Å². The Bertz CT molecular complexity index is 601. The van der Waals surface area contributed by atoms with Gasteiger partial charge in [0.1, 0.15) is 5.52 Å². The SMILES string of the molecule is C/C(=C\N)CC[N-]Cc1nc2c(F)cccc2n1C. The van der Waals surface area contributed by atoms with Crippen LogP contribution in [0.15, 0.2) is 30.0 Å². The standard InChI is InChI=1S/C14H18FN4/c1-10(8-16)6-7-17-9-13-18-14-11(15)4-3-5-12(14)19(13)2/h3-5,8H,6-7,9,16H2,1-2H3/q-1/b10-8+. The Kier molecular flexibility index (Phi) is 4.16. The molecule has 0 unspecified atom stereocenters. The molecule has 2 N–H and O–H groups in total. The van der Waals surface area contributed by atoms with E-state index in [1.165, 1.54) is 6.07 Å². The lowest BCUT2D eigenvalue weighted by Gasteiger charge is -2.18. The topological polar surface area (TPSA) is 57.9 Å². The van der Waals surface area contributed by atoms with E-state index >= 15 is 0 Å². The monoisotopic (exact) mass is 261 g/mol. The highest BCUT2D eigenvalue weighted by atomic mass is 19.1. The Hall–Kier alpha value is -1.88. The van der Waals surface area contributed by atoms with Crippen molar-refractivity contribution in [1.29, 1.82) is 0 Å². The number of aromatic nitrogens is 2. The second-order valence-electron chi connectivity index (χ2n) is 4.56. The van der Waals surface area contributed by atoms with Gasteiger partial charge in [0.25, 0.3) is 0 Å². The molecule has 0 saturated carbocycles. The molecular weight excluding hydrogens is 243 g/mol. The quantitative estimate of drug-likeness (QED) is 0.841. The van der Waals surface area contributed by atoms with Gasteiger partial charge < -0.3 is 15.6 Å².